The molecule has 2 aromatic carbocycles. The maximum absolute atomic E-state index is 13.2. The lowest BCUT2D eigenvalue weighted by atomic mass is 9.98. The first-order valence-electron chi connectivity index (χ1n) is 8.63. The van der Waals surface area contributed by atoms with Crippen LogP contribution in [0.15, 0.2) is 53.6 Å². The number of carbonyl (C=O) groups excluding carboxylic acids is 1. The lowest BCUT2D eigenvalue weighted by molar-refractivity contribution is -0.130. The highest BCUT2D eigenvalue weighted by atomic mass is 35.5. The smallest absolute Gasteiger partial charge is 0.240 e. The van der Waals surface area contributed by atoms with Gasteiger partial charge in [-0.1, -0.05) is 41.9 Å². The lowest BCUT2D eigenvalue weighted by Crippen LogP contribution is -2.24. The molecule has 1 aromatic heterocycles. The van der Waals surface area contributed by atoms with E-state index in [0.717, 1.165) is 33.3 Å². The Balaban J connectivity index is 1.77. The number of para-hydroxylation sites is 1. The number of halogens is 2. The van der Waals surface area contributed by atoms with E-state index in [1.807, 2.05) is 31.2 Å². The van der Waals surface area contributed by atoms with Gasteiger partial charge in [-0.2, -0.15) is 5.10 Å². The van der Waals surface area contributed by atoms with E-state index in [1.54, 1.807) is 12.1 Å². The normalized spacial score (nSPS) is 16.7. The Labute approximate surface area is 161 Å². The Morgan fingerprint density at radius 3 is 2.67 bits per heavy atom. The van der Waals surface area contributed by atoms with Crippen LogP contribution in [0.5, 0.6) is 0 Å². The van der Waals surface area contributed by atoms with E-state index in [-0.39, 0.29) is 17.8 Å². The Morgan fingerprint density at radius 1 is 1.22 bits per heavy atom. The van der Waals surface area contributed by atoms with Crippen molar-refractivity contribution in [3.8, 4) is 0 Å². The minimum Gasteiger partial charge on any atom is -0.273 e. The predicted octanol–water partition coefficient (Wildman–Crippen LogP) is 5.03. The molecule has 4 nitrogen and oxygen atoms in total. The van der Waals surface area contributed by atoms with Crippen LogP contribution in [0.1, 0.15) is 36.1 Å². The highest BCUT2D eigenvalue weighted by Gasteiger charge is 2.33. The van der Waals surface area contributed by atoms with Crippen molar-refractivity contribution in [3.05, 3.63) is 76.2 Å². The molecule has 136 valence electrons. The van der Waals surface area contributed by atoms with E-state index in [9.17, 15) is 9.18 Å². The van der Waals surface area contributed by atoms with Crippen LogP contribution in [0.2, 0.25) is 5.15 Å². The van der Waals surface area contributed by atoms with Gasteiger partial charge in [-0.05, 0) is 36.2 Å². The molecule has 27 heavy (non-hydrogen) atoms. The predicted molar refractivity (Wildman–Crippen MR) is 104 cm³/mol. The van der Waals surface area contributed by atoms with E-state index >= 15 is 0 Å². The zero-order chi connectivity index (χ0) is 19.1. The van der Waals surface area contributed by atoms with Crippen LogP contribution in [-0.2, 0) is 4.79 Å². The third-order valence-corrected chi connectivity index (χ3v) is 5.10. The van der Waals surface area contributed by atoms with E-state index in [1.165, 1.54) is 24.1 Å². The van der Waals surface area contributed by atoms with Gasteiger partial charge in [-0.3, -0.25) is 4.79 Å². The van der Waals surface area contributed by atoms with Crippen LogP contribution in [0.3, 0.4) is 0 Å². The second-order valence-corrected chi connectivity index (χ2v) is 7.01. The highest BCUT2D eigenvalue weighted by molar-refractivity contribution is 6.30. The molecular formula is C21H17ClFN3O. The van der Waals surface area contributed by atoms with Crippen molar-refractivity contribution in [2.24, 2.45) is 5.10 Å². The van der Waals surface area contributed by atoms with Crippen LogP contribution < -0.4 is 0 Å². The molecule has 1 atom stereocenters. The van der Waals surface area contributed by atoms with Crippen molar-refractivity contribution in [3.63, 3.8) is 0 Å². The van der Waals surface area contributed by atoms with Gasteiger partial charge in [0.25, 0.3) is 0 Å². The molecular weight excluding hydrogens is 365 g/mol. The molecule has 0 N–H and O–H groups in total. The molecule has 0 saturated heterocycles. The van der Waals surface area contributed by atoms with Crippen molar-refractivity contribution >= 4 is 34.1 Å². The number of pyridine rings is 1. The number of nitrogens with zero attached hydrogens (tertiary/aromatic N) is 3. The zero-order valence-electron chi connectivity index (χ0n) is 14.9. The molecule has 0 radical (unpaired) electrons. The largest absolute Gasteiger partial charge is 0.273 e. The van der Waals surface area contributed by atoms with E-state index in [4.69, 9.17) is 11.6 Å². The van der Waals surface area contributed by atoms with Gasteiger partial charge in [0.2, 0.25) is 5.91 Å². The van der Waals surface area contributed by atoms with Gasteiger partial charge in [0, 0.05) is 24.3 Å². The topological polar surface area (TPSA) is 45.6 Å². The molecule has 0 bridgehead atoms. The average Bonchev–Trinajstić information content (AvgIpc) is 3.08. The lowest BCUT2D eigenvalue weighted by Gasteiger charge is -2.21. The van der Waals surface area contributed by atoms with Gasteiger partial charge in [-0.25, -0.2) is 14.4 Å². The number of rotatable bonds is 2. The fourth-order valence-corrected chi connectivity index (χ4v) is 3.70. The molecule has 0 saturated carbocycles. The second-order valence-electron chi connectivity index (χ2n) is 6.65. The summed E-state index contributed by atoms with van der Waals surface area (Å²) in [5, 5.41) is 7.24. The third-order valence-electron chi connectivity index (χ3n) is 4.80. The monoisotopic (exact) mass is 381 g/mol. The standard InChI is InChI=1S/C21H17ClFN3O/c1-12-4-3-5-15-10-17(21(22)24-20(12)15)19-11-18(25-26(19)13(2)27)14-6-8-16(23)9-7-14/h3-10,19H,11H2,1-2H3. The first kappa shape index (κ1) is 17.6. The molecule has 3 aromatic rings. The summed E-state index contributed by atoms with van der Waals surface area (Å²) in [6.07, 6.45) is 0.490. The molecule has 2 heterocycles. The Morgan fingerprint density at radius 2 is 1.96 bits per heavy atom. The summed E-state index contributed by atoms with van der Waals surface area (Å²) in [5.74, 6) is -0.494. The van der Waals surface area contributed by atoms with Gasteiger partial charge >= 0.3 is 0 Å². The number of amides is 1. The van der Waals surface area contributed by atoms with Crippen molar-refractivity contribution < 1.29 is 9.18 Å². The number of carbonyl (C=O) groups is 1. The van der Waals surface area contributed by atoms with Gasteiger partial charge in [0.15, 0.2) is 0 Å². The molecule has 1 unspecified atom stereocenters. The quantitative estimate of drug-likeness (QED) is 0.584. The van der Waals surface area contributed by atoms with Gasteiger partial charge in [-0.15, -0.1) is 0 Å². The highest BCUT2D eigenvalue weighted by Crippen LogP contribution is 2.37. The molecule has 4 rings (SSSR count). The van der Waals surface area contributed by atoms with Crippen molar-refractivity contribution in [1.82, 2.24) is 9.99 Å². The number of aromatic nitrogens is 1. The van der Waals surface area contributed by atoms with E-state index in [2.05, 4.69) is 10.1 Å². The fraction of sp³-hybridized carbons (Fsp3) is 0.190. The molecule has 6 heteroatoms. The van der Waals surface area contributed by atoms with Gasteiger partial charge < -0.3 is 0 Å². The number of hydrogen-bond donors (Lipinski definition) is 0. The molecule has 0 fully saturated rings. The van der Waals surface area contributed by atoms with E-state index < -0.39 is 0 Å². The summed E-state index contributed by atoms with van der Waals surface area (Å²) >= 11 is 6.49. The summed E-state index contributed by atoms with van der Waals surface area (Å²) < 4.78 is 13.2. The SMILES string of the molecule is CC(=O)N1N=C(c2ccc(F)cc2)CC1c1cc2cccc(C)c2nc1Cl. The Hall–Kier alpha value is -2.79. The van der Waals surface area contributed by atoms with Crippen LogP contribution in [-0.4, -0.2) is 21.6 Å². The van der Waals surface area contributed by atoms with Gasteiger partial charge in [0.1, 0.15) is 11.0 Å². The molecule has 0 aliphatic carbocycles. The van der Waals surface area contributed by atoms with Crippen molar-refractivity contribution in [2.45, 2.75) is 26.3 Å². The maximum Gasteiger partial charge on any atom is 0.240 e. The first-order valence-corrected chi connectivity index (χ1v) is 9.01. The van der Waals surface area contributed by atoms with Crippen LogP contribution in [0.4, 0.5) is 4.39 Å². The number of hydrazone groups is 1. The fourth-order valence-electron chi connectivity index (χ4n) is 3.43. The van der Waals surface area contributed by atoms with Gasteiger partial charge in [0.05, 0.1) is 17.3 Å². The number of hydrogen-bond acceptors (Lipinski definition) is 3. The summed E-state index contributed by atoms with van der Waals surface area (Å²) in [5.41, 5.74) is 4.14. The molecule has 1 amide bonds. The van der Waals surface area contributed by atoms with E-state index in [0.29, 0.717) is 11.6 Å². The van der Waals surface area contributed by atoms with Crippen LogP contribution in [0.25, 0.3) is 10.9 Å². The van der Waals surface area contributed by atoms with Crippen LogP contribution >= 0.6 is 11.6 Å². The minimum atomic E-state index is -0.340. The molecule has 1 aliphatic rings. The number of aryl methyl sites for hydroxylation is 1. The second kappa shape index (κ2) is 6.74. The summed E-state index contributed by atoms with van der Waals surface area (Å²) in [7, 11) is 0. The average molecular weight is 382 g/mol. The number of fused-ring (bicyclic) bond motifs is 1. The third kappa shape index (κ3) is 3.19. The van der Waals surface area contributed by atoms with Crippen molar-refractivity contribution in [2.75, 3.05) is 0 Å². The first-order chi connectivity index (χ1) is 12.9. The molecule has 0 spiro atoms. The summed E-state index contributed by atoms with van der Waals surface area (Å²) in [6.45, 7) is 3.45. The Kier molecular flexibility index (Phi) is 4.40. The maximum atomic E-state index is 13.2. The Bertz CT molecular complexity index is 1080. The van der Waals surface area contributed by atoms with Crippen molar-refractivity contribution in [1.29, 1.82) is 0 Å². The minimum absolute atomic E-state index is 0.183. The summed E-state index contributed by atoms with van der Waals surface area (Å²) in [6, 6.07) is 13.7. The summed E-state index contributed by atoms with van der Waals surface area (Å²) in [4.78, 5) is 16.7. The molecule has 1 aliphatic heterocycles. The number of benzene rings is 2. The zero-order valence-corrected chi connectivity index (χ0v) is 15.7. The van der Waals surface area contributed by atoms with Crippen LogP contribution in [0, 0.1) is 12.7 Å².